The molecule has 0 aliphatic carbocycles. The Hall–Kier alpha value is -2.24. The molecule has 1 aromatic heterocycles. The molecule has 0 bridgehead atoms. The van der Waals surface area contributed by atoms with Crippen molar-refractivity contribution in [3.8, 4) is 34.3 Å². The van der Waals surface area contributed by atoms with Gasteiger partial charge in [-0.25, -0.2) is 0 Å². The molecule has 5 nitrogen and oxygen atoms in total. The van der Waals surface area contributed by atoms with Crippen molar-refractivity contribution in [2.45, 2.75) is 0 Å². The number of benzene rings is 2. The molecule has 2 aromatic carbocycles. The SMILES string of the molecule is COc1ccc(-c2noc(-c3ccc(Cl)cc3Cl)n2)cc1OC. The van der Waals surface area contributed by atoms with Crippen LogP contribution in [-0.2, 0) is 0 Å². The summed E-state index contributed by atoms with van der Waals surface area (Å²) < 4.78 is 15.8. The smallest absolute Gasteiger partial charge is 0.259 e. The zero-order chi connectivity index (χ0) is 16.4. The van der Waals surface area contributed by atoms with Crippen LogP contribution in [0.2, 0.25) is 10.0 Å². The van der Waals surface area contributed by atoms with Gasteiger partial charge in [0.25, 0.3) is 5.89 Å². The molecule has 3 rings (SSSR count). The van der Waals surface area contributed by atoms with Crippen molar-refractivity contribution in [3.63, 3.8) is 0 Å². The minimum Gasteiger partial charge on any atom is -0.493 e. The first-order chi connectivity index (χ1) is 11.1. The molecule has 1 heterocycles. The van der Waals surface area contributed by atoms with E-state index in [1.165, 1.54) is 0 Å². The van der Waals surface area contributed by atoms with Gasteiger partial charge in [0.15, 0.2) is 11.5 Å². The lowest BCUT2D eigenvalue weighted by molar-refractivity contribution is 0.355. The maximum absolute atomic E-state index is 6.16. The Morgan fingerprint density at radius 1 is 0.957 bits per heavy atom. The van der Waals surface area contributed by atoms with E-state index < -0.39 is 0 Å². The fraction of sp³-hybridized carbons (Fsp3) is 0.125. The minimum atomic E-state index is 0.316. The molecule has 0 amide bonds. The molecule has 0 spiro atoms. The van der Waals surface area contributed by atoms with Gasteiger partial charge in [0.2, 0.25) is 5.82 Å². The van der Waals surface area contributed by atoms with Gasteiger partial charge in [-0.3, -0.25) is 0 Å². The Labute approximate surface area is 142 Å². The average Bonchev–Trinajstić information content (AvgIpc) is 3.03. The summed E-state index contributed by atoms with van der Waals surface area (Å²) in [5.74, 6) is 1.95. The summed E-state index contributed by atoms with van der Waals surface area (Å²) in [6.45, 7) is 0. The quantitative estimate of drug-likeness (QED) is 0.680. The summed E-state index contributed by atoms with van der Waals surface area (Å²) in [5, 5.41) is 4.97. The largest absolute Gasteiger partial charge is 0.493 e. The Bertz CT molecular complexity index is 849. The van der Waals surface area contributed by atoms with Crippen molar-refractivity contribution in [1.82, 2.24) is 10.1 Å². The first-order valence-electron chi connectivity index (χ1n) is 6.64. The number of methoxy groups -OCH3 is 2. The second-order valence-electron chi connectivity index (χ2n) is 4.62. The second-order valence-corrected chi connectivity index (χ2v) is 5.46. The Morgan fingerprint density at radius 2 is 1.74 bits per heavy atom. The van der Waals surface area contributed by atoms with Crippen LogP contribution >= 0.6 is 23.2 Å². The number of rotatable bonds is 4. The number of nitrogens with zero attached hydrogens (tertiary/aromatic N) is 2. The first kappa shape index (κ1) is 15.6. The van der Waals surface area contributed by atoms with Gasteiger partial charge >= 0.3 is 0 Å². The summed E-state index contributed by atoms with van der Waals surface area (Å²) in [7, 11) is 3.14. The third-order valence-electron chi connectivity index (χ3n) is 3.23. The van der Waals surface area contributed by atoms with E-state index in [9.17, 15) is 0 Å². The number of hydrogen-bond donors (Lipinski definition) is 0. The van der Waals surface area contributed by atoms with Crippen LogP contribution in [0.3, 0.4) is 0 Å². The third kappa shape index (κ3) is 3.11. The molecule has 0 aliphatic rings. The van der Waals surface area contributed by atoms with Crippen LogP contribution in [0, 0.1) is 0 Å². The molecule has 0 N–H and O–H groups in total. The van der Waals surface area contributed by atoms with Crippen LogP contribution in [0.15, 0.2) is 40.9 Å². The molecule has 0 fully saturated rings. The van der Waals surface area contributed by atoms with E-state index in [0.717, 1.165) is 5.56 Å². The molecule has 3 aromatic rings. The fourth-order valence-electron chi connectivity index (χ4n) is 2.09. The Kier molecular flexibility index (Phi) is 4.41. The first-order valence-corrected chi connectivity index (χ1v) is 7.39. The highest BCUT2D eigenvalue weighted by atomic mass is 35.5. The fourth-order valence-corrected chi connectivity index (χ4v) is 2.58. The van der Waals surface area contributed by atoms with Gasteiger partial charge in [-0.05, 0) is 36.4 Å². The maximum Gasteiger partial charge on any atom is 0.259 e. The molecular weight excluding hydrogens is 339 g/mol. The summed E-state index contributed by atoms with van der Waals surface area (Å²) in [6.07, 6.45) is 0. The maximum atomic E-state index is 6.16. The van der Waals surface area contributed by atoms with Gasteiger partial charge in [-0.15, -0.1) is 0 Å². The molecular formula is C16H12Cl2N2O3. The van der Waals surface area contributed by atoms with Crippen LogP contribution in [-0.4, -0.2) is 24.4 Å². The van der Waals surface area contributed by atoms with Crippen molar-refractivity contribution in [3.05, 3.63) is 46.4 Å². The Morgan fingerprint density at radius 3 is 2.43 bits per heavy atom. The van der Waals surface area contributed by atoms with E-state index in [2.05, 4.69) is 10.1 Å². The third-order valence-corrected chi connectivity index (χ3v) is 3.78. The minimum absolute atomic E-state index is 0.316. The van der Waals surface area contributed by atoms with Crippen LogP contribution in [0.1, 0.15) is 0 Å². The molecule has 0 saturated carbocycles. The van der Waals surface area contributed by atoms with E-state index in [0.29, 0.717) is 38.8 Å². The van der Waals surface area contributed by atoms with Crippen molar-refractivity contribution in [2.24, 2.45) is 0 Å². The summed E-state index contributed by atoms with van der Waals surface area (Å²) in [4.78, 5) is 4.37. The van der Waals surface area contributed by atoms with Crippen molar-refractivity contribution < 1.29 is 14.0 Å². The summed E-state index contributed by atoms with van der Waals surface area (Å²) in [5.41, 5.74) is 1.36. The lowest BCUT2D eigenvalue weighted by Crippen LogP contribution is -1.91. The number of aromatic nitrogens is 2. The van der Waals surface area contributed by atoms with E-state index in [-0.39, 0.29) is 0 Å². The van der Waals surface area contributed by atoms with Crippen molar-refractivity contribution >= 4 is 23.2 Å². The summed E-state index contributed by atoms with van der Waals surface area (Å²) in [6, 6.07) is 10.4. The lowest BCUT2D eigenvalue weighted by Gasteiger charge is -2.07. The van der Waals surface area contributed by atoms with Gasteiger partial charge < -0.3 is 14.0 Å². The number of hydrogen-bond acceptors (Lipinski definition) is 5. The molecule has 0 unspecified atom stereocenters. The molecule has 7 heteroatoms. The van der Waals surface area contributed by atoms with E-state index in [1.54, 1.807) is 44.6 Å². The van der Waals surface area contributed by atoms with E-state index in [4.69, 9.17) is 37.2 Å². The predicted octanol–water partition coefficient (Wildman–Crippen LogP) is 4.73. The van der Waals surface area contributed by atoms with Gasteiger partial charge in [0.05, 0.1) is 24.8 Å². The topological polar surface area (TPSA) is 57.4 Å². The zero-order valence-electron chi connectivity index (χ0n) is 12.3. The van der Waals surface area contributed by atoms with Gasteiger partial charge in [-0.2, -0.15) is 4.98 Å². The number of ether oxygens (including phenoxy) is 2. The molecule has 118 valence electrons. The Balaban J connectivity index is 1.99. The molecule has 0 saturated heterocycles. The highest BCUT2D eigenvalue weighted by Crippen LogP contribution is 2.33. The normalized spacial score (nSPS) is 10.6. The van der Waals surface area contributed by atoms with Crippen LogP contribution in [0.4, 0.5) is 0 Å². The van der Waals surface area contributed by atoms with Gasteiger partial charge in [0.1, 0.15) is 0 Å². The highest BCUT2D eigenvalue weighted by molar-refractivity contribution is 6.36. The number of halogens is 2. The zero-order valence-corrected chi connectivity index (χ0v) is 13.9. The van der Waals surface area contributed by atoms with Crippen molar-refractivity contribution in [1.29, 1.82) is 0 Å². The molecule has 0 atom stereocenters. The molecule has 0 aliphatic heterocycles. The van der Waals surface area contributed by atoms with Gasteiger partial charge in [0, 0.05) is 10.6 Å². The highest BCUT2D eigenvalue weighted by Gasteiger charge is 2.15. The van der Waals surface area contributed by atoms with Gasteiger partial charge in [-0.1, -0.05) is 28.4 Å². The van der Waals surface area contributed by atoms with Crippen molar-refractivity contribution in [2.75, 3.05) is 14.2 Å². The molecule has 0 radical (unpaired) electrons. The van der Waals surface area contributed by atoms with Crippen LogP contribution in [0.25, 0.3) is 22.8 Å². The monoisotopic (exact) mass is 350 g/mol. The lowest BCUT2D eigenvalue weighted by atomic mass is 10.2. The summed E-state index contributed by atoms with van der Waals surface area (Å²) >= 11 is 12.0. The van der Waals surface area contributed by atoms with E-state index in [1.807, 2.05) is 6.07 Å². The van der Waals surface area contributed by atoms with Crippen LogP contribution in [0.5, 0.6) is 11.5 Å². The predicted molar refractivity (Wildman–Crippen MR) is 88.3 cm³/mol. The van der Waals surface area contributed by atoms with Crippen LogP contribution < -0.4 is 9.47 Å². The second kappa shape index (κ2) is 6.48. The average molecular weight is 351 g/mol. The standard InChI is InChI=1S/C16H12Cl2N2O3/c1-21-13-6-3-9(7-14(13)22-2)15-19-16(23-20-15)11-5-4-10(17)8-12(11)18/h3-8H,1-2H3. The molecule has 23 heavy (non-hydrogen) atoms. The van der Waals surface area contributed by atoms with E-state index >= 15 is 0 Å².